The predicted molar refractivity (Wildman–Crippen MR) is 70.2 cm³/mol. The van der Waals surface area contributed by atoms with Gasteiger partial charge in [-0.1, -0.05) is 31.0 Å². The number of thioether (sulfide) groups is 1. The summed E-state index contributed by atoms with van der Waals surface area (Å²) in [6.45, 7) is 1.18. The third-order valence-corrected chi connectivity index (χ3v) is 5.06. The Morgan fingerprint density at radius 2 is 2.00 bits per heavy atom. The van der Waals surface area contributed by atoms with Gasteiger partial charge in [0, 0.05) is 29.2 Å². The van der Waals surface area contributed by atoms with Gasteiger partial charge in [0.1, 0.15) is 0 Å². The Morgan fingerprint density at radius 1 is 1.19 bits per heavy atom. The zero-order valence-corrected chi connectivity index (χ0v) is 10.4. The van der Waals surface area contributed by atoms with Crippen molar-refractivity contribution in [1.29, 1.82) is 0 Å². The summed E-state index contributed by atoms with van der Waals surface area (Å²) in [5.41, 5.74) is 1.57. The van der Waals surface area contributed by atoms with E-state index in [2.05, 4.69) is 29.6 Å². The van der Waals surface area contributed by atoms with Gasteiger partial charge in [-0.15, -0.1) is 11.8 Å². The Labute approximate surface area is 102 Å². The van der Waals surface area contributed by atoms with Gasteiger partial charge in [0.25, 0.3) is 0 Å². The van der Waals surface area contributed by atoms with E-state index < -0.39 is 0 Å². The second-order valence-electron chi connectivity index (χ2n) is 4.94. The highest BCUT2D eigenvalue weighted by Gasteiger charge is 2.23. The molecule has 1 aromatic rings. The molecule has 16 heavy (non-hydrogen) atoms. The van der Waals surface area contributed by atoms with Crippen LogP contribution in [-0.4, -0.2) is 18.3 Å². The first-order valence-corrected chi connectivity index (χ1v) is 7.37. The zero-order chi connectivity index (χ0) is 10.8. The fraction of sp³-hybridized carbons (Fsp3) is 0.571. The number of hydrogen-bond acceptors (Lipinski definition) is 2. The number of fused-ring (bicyclic) bond motifs is 1. The standard InChI is InChI=1S/C14H19NS/c1-2-6-12(5-1)15-9-11-10-16-14-8-4-3-7-13(11)14/h3-4,7-8,11-12,15H,1-2,5-6,9-10H2. The first-order chi connectivity index (χ1) is 7.93. The van der Waals surface area contributed by atoms with Crippen molar-refractivity contribution in [3.05, 3.63) is 29.8 Å². The molecule has 1 nitrogen and oxygen atoms in total. The number of nitrogens with one attached hydrogen (secondary N) is 1. The molecule has 1 aliphatic heterocycles. The van der Waals surface area contributed by atoms with E-state index in [0.29, 0.717) is 0 Å². The van der Waals surface area contributed by atoms with E-state index in [1.54, 1.807) is 5.56 Å². The molecule has 2 heteroatoms. The molecule has 1 atom stereocenters. The van der Waals surface area contributed by atoms with E-state index in [-0.39, 0.29) is 0 Å². The van der Waals surface area contributed by atoms with Gasteiger partial charge in [-0.05, 0) is 24.5 Å². The van der Waals surface area contributed by atoms with Crippen molar-refractivity contribution >= 4 is 11.8 Å². The number of hydrogen-bond donors (Lipinski definition) is 1. The van der Waals surface area contributed by atoms with Crippen molar-refractivity contribution in [2.45, 2.75) is 42.5 Å². The zero-order valence-electron chi connectivity index (χ0n) is 9.61. The summed E-state index contributed by atoms with van der Waals surface area (Å²) >= 11 is 2.02. The maximum Gasteiger partial charge on any atom is 0.0108 e. The second-order valence-corrected chi connectivity index (χ2v) is 6.00. The lowest BCUT2D eigenvalue weighted by Gasteiger charge is -2.16. The topological polar surface area (TPSA) is 12.0 Å². The maximum atomic E-state index is 3.75. The fourth-order valence-corrected chi connectivity index (χ4v) is 4.09. The molecule has 1 saturated carbocycles. The number of rotatable bonds is 3. The molecule has 1 unspecified atom stereocenters. The Bertz CT molecular complexity index is 358. The molecule has 1 fully saturated rings. The van der Waals surface area contributed by atoms with Gasteiger partial charge in [-0.2, -0.15) is 0 Å². The van der Waals surface area contributed by atoms with Crippen LogP contribution in [-0.2, 0) is 0 Å². The van der Waals surface area contributed by atoms with Crippen LogP contribution < -0.4 is 5.32 Å². The van der Waals surface area contributed by atoms with Gasteiger partial charge in [-0.25, -0.2) is 0 Å². The summed E-state index contributed by atoms with van der Waals surface area (Å²) in [5.74, 6) is 2.00. The fourth-order valence-electron chi connectivity index (χ4n) is 2.84. The highest BCUT2D eigenvalue weighted by atomic mass is 32.2. The van der Waals surface area contributed by atoms with Gasteiger partial charge in [0.2, 0.25) is 0 Å². The lowest BCUT2D eigenvalue weighted by Crippen LogP contribution is -2.30. The average Bonchev–Trinajstić information content (AvgIpc) is 2.96. The minimum Gasteiger partial charge on any atom is -0.313 e. The molecule has 0 saturated heterocycles. The molecule has 0 amide bonds. The third kappa shape index (κ3) is 2.14. The molecule has 1 N–H and O–H groups in total. The van der Waals surface area contributed by atoms with Crippen molar-refractivity contribution in [1.82, 2.24) is 5.32 Å². The van der Waals surface area contributed by atoms with Crippen LogP contribution in [0.25, 0.3) is 0 Å². The maximum absolute atomic E-state index is 3.75. The lowest BCUT2D eigenvalue weighted by molar-refractivity contribution is 0.502. The third-order valence-electron chi connectivity index (χ3n) is 3.81. The summed E-state index contributed by atoms with van der Waals surface area (Å²) in [6, 6.07) is 9.69. The van der Waals surface area contributed by atoms with Crippen LogP contribution in [0, 0.1) is 0 Å². The molecule has 2 aliphatic rings. The van der Waals surface area contributed by atoms with Crippen LogP contribution in [0.5, 0.6) is 0 Å². The Balaban J connectivity index is 1.60. The first kappa shape index (κ1) is 10.7. The average molecular weight is 233 g/mol. The largest absolute Gasteiger partial charge is 0.313 e. The molecule has 1 aromatic carbocycles. The van der Waals surface area contributed by atoms with E-state index in [4.69, 9.17) is 0 Å². The lowest BCUT2D eigenvalue weighted by atomic mass is 10.0. The molecule has 0 bridgehead atoms. The monoisotopic (exact) mass is 233 g/mol. The highest BCUT2D eigenvalue weighted by Crippen LogP contribution is 2.38. The van der Waals surface area contributed by atoms with Crippen LogP contribution in [0.4, 0.5) is 0 Å². The SMILES string of the molecule is c1ccc2c(c1)SCC2CNC1CCCC1. The summed E-state index contributed by atoms with van der Waals surface area (Å²) < 4.78 is 0. The molecule has 0 spiro atoms. The molecule has 0 aromatic heterocycles. The quantitative estimate of drug-likeness (QED) is 0.858. The van der Waals surface area contributed by atoms with E-state index in [0.717, 1.165) is 12.0 Å². The summed E-state index contributed by atoms with van der Waals surface area (Å²) in [4.78, 5) is 1.50. The van der Waals surface area contributed by atoms with Crippen LogP contribution in [0.2, 0.25) is 0 Å². The van der Waals surface area contributed by atoms with E-state index in [1.165, 1.54) is 42.9 Å². The molecule has 1 heterocycles. The molecule has 3 rings (SSSR count). The van der Waals surface area contributed by atoms with E-state index in [9.17, 15) is 0 Å². The Morgan fingerprint density at radius 3 is 2.88 bits per heavy atom. The van der Waals surface area contributed by atoms with Gasteiger partial charge in [-0.3, -0.25) is 0 Å². The van der Waals surface area contributed by atoms with E-state index >= 15 is 0 Å². The van der Waals surface area contributed by atoms with E-state index in [1.807, 2.05) is 11.8 Å². The van der Waals surface area contributed by atoms with Crippen molar-refractivity contribution in [2.24, 2.45) is 0 Å². The Hall–Kier alpha value is -0.470. The minimum absolute atomic E-state index is 0.738. The van der Waals surface area contributed by atoms with Crippen molar-refractivity contribution < 1.29 is 0 Å². The first-order valence-electron chi connectivity index (χ1n) is 6.38. The summed E-state index contributed by atoms with van der Waals surface area (Å²) in [7, 11) is 0. The van der Waals surface area contributed by atoms with Gasteiger partial charge < -0.3 is 5.32 Å². The van der Waals surface area contributed by atoms with Crippen molar-refractivity contribution in [3.8, 4) is 0 Å². The van der Waals surface area contributed by atoms with Crippen LogP contribution >= 0.6 is 11.8 Å². The Kier molecular flexibility index (Phi) is 3.20. The van der Waals surface area contributed by atoms with Gasteiger partial charge >= 0.3 is 0 Å². The summed E-state index contributed by atoms with van der Waals surface area (Å²) in [5, 5.41) is 3.75. The molecular weight excluding hydrogens is 214 g/mol. The smallest absolute Gasteiger partial charge is 0.0108 e. The van der Waals surface area contributed by atoms with Crippen LogP contribution in [0.1, 0.15) is 37.2 Å². The predicted octanol–water partition coefficient (Wildman–Crippen LogP) is 3.41. The molecule has 1 aliphatic carbocycles. The highest BCUT2D eigenvalue weighted by molar-refractivity contribution is 7.99. The molecule has 0 radical (unpaired) electrons. The second kappa shape index (κ2) is 4.80. The number of benzene rings is 1. The normalized spacial score (nSPS) is 24.9. The summed E-state index contributed by atoms with van der Waals surface area (Å²) in [6.07, 6.45) is 5.63. The van der Waals surface area contributed by atoms with Crippen LogP contribution in [0.3, 0.4) is 0 Å². The van der Waals surface area contributed by atoms with Gasteiger partial charge in [0.05, 0.1) is 0 Å². The van der Waals surface area contributed by atoms with Gasteiger partial charge in [0.15, 0.2) is 0 Å². The van der Waals surface area contributed by atoms with Crippen LogP contribution in [0.15, 0.2) is 29.2 Å². The molecular formula is C14H19NS. The van der Waals surface area contributed by atoms with Crippen molar-refractivity contribution in [2.75, 3.05) is 12.3 Å². The van der Waals surface area contributed by atoms with Crippen molar-refractivity contribution in [3.63, 3.8) is 0 Å². The minimum atomic E-state index is 0.738. The molecule has 86 valence electrons.